The van der Waals surface area contributed by atoms with Crippen LogP contribution in [0.5, 0.6) is 11.5 Å². The SMILES string of the molecule is CCCN1CCC(NC(=NCc2cc3c(cc2OCC)CC(C)O3)NCC)CC1.I. The summed E-state index contributed by atoms with van der Waals surface area (Å²) in [6.07, 6.45) is 4.74. The Morgan fingerprint density at radius 3 is 2.67 bits per heavy atom. The molecule has 30 heavy (non-hydrogen) atoms. The Balaban J connectivity index is 0.00000320. The summed E-state index contributed by atoms with van der Waals surface area (Å²) >= 11 is 0. The van der Waals surface area contributed by atoms with Crippen LogP contribution in [0, 0.1) is 0 Å². The molecule has 3 rings (SSSR count). The topological polar surface area (TPSA) is 58.1 Å². The summed E-state index contributed by atoms with van der Waals surface area (Å²) in [6, 6.07) is 4.73. The first-order valence-corrected chi connectivity index (χ1v) is 11.3. The van der Waals surface area contributed by atoms with Gasteiger partial charge in [0.2, 0.25) is 0 Å². The molecule has 2 aliphatic rings. The number of nitrogens with one attached hydrogen (secondary N) is 2. The van der Waals surface area contributed by atoms with Crippen LogP contribution in [-0.4, -0.2) is 55.8 Å². The standard InChI is InChI=1S/C23H38N4O2.HI/c1-5-10-27-11-8-20(9-12-27)26-23(24-6-2)25-16-19-15-22-18(13-17(4)29-22)14-21(19)28-7-3;/h14-15,17,20H,5-13,16H2,1-4H3,(H2,24,25,26);1H. The highest BCUT2D eigenvalue weighted by atomic mass is 127. The van der Waals surface area contributed by atoms with Crippen LogP contribution in [0.3, 0.4) is 0 Å². The number of rotatable bonds is 8. The number of ether oxygens (including phenoxy) is 2. The molecule has 0 spiro atoms. The first kappa shape index (κ1) is 25.0. The van der Waals surface area contributed by atoms with Gasteiger partial charge in [-0.25, -0.2) is 4.99 Å². The summed E-state index contributed by atoms with van der Waals surface area (Å²) in [5, 5.41) is 7.04. The number of nitrogens with zero attached hydrogens (tertiary/aromatic N) is 2. The van der Waals surface area contributed by atoms with E-state index in [4.69, 9.17) is 14.5 Å². The van der Waals surface area contributed by atoms with Gasteiger partial charge in [-0.1, -0.05) is 6.92 Å². The van der Waals surface area contributed by atoms with E-state index in [2.05, 4.69) is 48.4 Å². The molecular weight excluding hydrogens is 491 g/mol. The van der Waals surface area contributed by atoms with Crippen molar-refractivity contribution < 1.29 is 9.47 Å². The predicted octanol–water partition coefficient (Wildman–Crippen LogP) is 3.96. The van der Waals surface area contributed by atoms with Crippen molar-refractivity contribution in [1.29, 1.82) is 0 Å². The Labute approximate surface area is 199 Å². The molecule has 1 aromatic rings. The second-order valence-corrected chi connectivity index (χ2v) is 8.09. The fourth-order valence-corrected chi connectivity index (χ4v) is 4.19. The third-order valence-electron chi connectivity index (χ3n) is 5.60. The molecule has 0 saturated carbocycles. The van der Waals surface area contributed by atoms with Crippen molar-refractivity contribution in [2.24, 2.45) is 4.99 Å². The molecule has 2 N–H and O–H groups in total. The van der Waals surface area contributed by atoms with E-state index in [9.17, 15) is 0 Å². The summed E-state index contributed by atoms with van der Waals surface area (Å²) in [5.74, 6) is 2.79. The molecule has 0 amide bonds. The number of benzene rings is 1. The van der Waals surface area contributed by atoms with E-state index in [-0.39, 0.29) is 30.1 Å². The molecular formula is C23H39IN4O2. The molecule has 170 valence electrons. The molecule has 1 saturated heterocycles. The Morgan fingerprint density at radius 2 is 2.00 bits per heavy atom. The van der Waals surface area contributed by atoms with E-state index in [0.717, 1.165) is 36.0 Å². The van der Waals surface area contributed by atoms with Crippen LogP contribution >= 0.6 is 24.0 Å². The average molecular weight is 530 g/mol. The largest absolute Gasteiger partial charge is 0.494 e. The molecule has 6 nitrogen and oxygen atoms in total. The Hall–Kier alpha value is -1.22. The van der Waals surface area contributed by atoms with Crippen molar-refractivity contribution in [2.75, 3.05) is 32.8 Å². The van der Waals surface area contributed by atoms with Crippen LogP contribution in [0.15, 0.2) is 17.1 Å². The number of likely N-dealkylation sites (tertiary alicyclic amines) is 1. The minimum absolute atomic E-state index is 0. The smallest absolute Gasteiger partial charge is 0.191 e. The van der Waals surface area contributed by atoms with Gasteiger partial charge < -0.3 is 25.0 Å². The third-order valence-corrected chi connectivity index (χ3v) is 5.60. The lowest BCUT2D eigenvalue weighted by molar-refractivity contribution is 0.206. The number of aliphatic imine (C=N–C) groups is 1. The maximum Gasteiger partial charge on any atom is 0.191 e. The quantitative estimate of drug-likeness (QED) is 0.303. The van der Waals surface area contributed by atoms with Gasteiger partial charge in [0.1, 0.15) is 17.6 Å². The monoisotopic (exact) mass is 530 g/mol. The molecule has 2 aliphatic heterocycles. The van der Waals surface area contributed by atoms with Crippen molar-refractivity contribution in [3.63, 3.8) is 0 Å². The Morgan fingerprint density at radius 1 is 1.23 bits per heavy atom. The molecule has 1 fully saturated rings. The number of fused-ring (bicyclic) bond motifs is 1. The molecule has 0 aliphatic carbocycles. The molecule has 7 heteroatoms. The highest BCUT2D eigenvalue weighted by Crippen LogP contribution is 2.35. The molecule has 2 heterocycles. The highest BCUT2D eigenvalue weighted by Gasteiger charge is 2.22. The van der Waals surface area contributed by atoms with Gasteiger partial charge in [-0.3, -0.25) is 0 Å². The number of hydrogen-bond acceptors (Lipinski definition) is 4. The second-order valence-electron chi connectivity index (χ2n) is 8.09. The van der Waals surface area contributed by atoms with E-state index < -0.39 is 0 Å². The van der Waals surface area contributed by atoms with E-state index in [1.54, 1.807) is 0 Å². The third kappa shape index (κ3) is 6.90. The first-order chi connectivity index (χ1) is 14.1. The van der Waals surface area contributed by atoms with Crippen molar-refractivity contribution in [3.05, 3.63) is 23.3 Å². The van der Waals surface area contributed by atoms with Gasteiger partial charge in [0.25, 0.3) is 0 Å². The van der Waals surface area contributed by atoms with Crippen LogP contribution in [-0.2, 0) is 13.0 Å². The van der Waals surface area contributed by atoms with Crippen molar-refractivity contribution in [3.8, 4) is 11.5 Å². The zero-order valence-electron chi connectivity index (χ0n) is 19.0. The number of hydrogen-bond donors (Lipinski definition) is 2. The minimum atomic E-state index is 0. The van der Waals surface area contributed by atoms with Gasteiger partial charge in [-0.15, -0.1) is 24.0 Å². The fourth-order valence-electron chi connectivity index (χ4n) is 4.19. The summed E-state index contributed by atoms with van der Waals surface area (Å²) in [5.41, 5.74) is 2.31. The summed E-state index contributed by atoms with van der Waals surface area (Å²) in [6.45, 7) is 14.1. The van der Waals surface area contributed by atoms with E-state index in [0.29, 0.717) is 19.2 Å². The maximum absolute atomic E-state index is 5.95. The predicted molar refractivity (Wildman–Crippen MR) is 135 cm³/mol. The van der Waals surface area contributed by atoms with Crippen LogP contribution in [0.25, 0.3) is 0 Å². The van der Waals surface area contributed by atoms with Crippen LogP contribution in [0.4, 0.5) is 0 Å². The zero-order valence-corrected chi connectivity index (χ0v) is 21.3. The lowest BCUT2D eigenvalue weighted by Crippen LogP contribution is -2.48. The van der Waals surface area contributed by atoms with E-state index in [1.165, 1.54) is 44.5 Å². The van der Waals surface area contributed by atoms with Gasteiger partial charge in [0.15, 0.2) is 5.96 Å². The molecule has 0 bridgehead atoms. The lowest BCUT2D eigenvalue weighted by atomic mass is 10.1. The summed E-state index contributed by atoms with van der Waals surface area (Å²) < 4.78 is 11.8. The number of halogens is 1. The second kappa shape index (κ2) is 12.6. The average Bonchev–Trinajstić information content (AvgIpc) is 3.07. The van der Waals surface area contributed by atoms with Crippen molar-refractivity contribution in [2.45, 2.75) is 72.1 Å². The Bertz CT molecular complexity index is 690. The zero-order chi connectivity index (χ0) is 20.6. The van der Waals surface area contributed by atoms with E-state index >= 15 is 0 Å². The molecule has 0 radical (unpaired) electrons. The minimum Gasteiger partial charge on any atom is -0.494 e. The molecule has 1 aromatic carbocycles. The Kier molecular flexibility index (Phi) is 10.5. The normalized spacial score (nSPS) is 19.6. The van der Waals surface area contributed by atoms with Crippen LogP contribution < -0.4 is 20.1 Å². The lowest BCUT2D eigenvalue weighted by Gasteiger charge is -2.32. The van der Waals surface area contributed by atoms with Gasteiger partial charge in [-0.05, 0) is 58.7 Å². The fraction of sp³-hybridized carbons (Fsp3) is 0.696. The van der Waals surface area contributed by atoms with E-state index in [1.807, 2.05) is 6.92 Å². The molecule has 1 atom stereocenters. The van der Waals surface area contributed by atoms with Crippen molar-refractivity contribution in [1.82, 2.24) is 15.5 Å². The van der Waals surface area contributed by atoms with Gasteiger partial charge >= 0.3 is 0 Å². The molecule has 1 unspecified atom stereocenters. The summed E-state index contributed by atoms with van der Waals surface area (Å²) in [4.78, 5) is 7.42. The maximum atomic E-state index is 5.95. The number of guanidine groups is 1. The summed E-state index contributed by atoms with van der Waals surface area (Å²) in [7, 11) is 0. The van der Waals surface area contributed by atoms with Gasteiger partial charge in [-0.2, -0.15) is 0 Å². The number of piperidine rings is 1. The first-order valence-electron chi connectivity index (χ1n) is 11.3. The van der Waals surface area contributed by atoms with Crippen LogP contribution in [0.2, 0.25) is 0 Å². The highest BCUT2D eigenvalue weighted by molar-refractivity contribution is 14.0. The van der Waals surface area contributed by atoms with Crippen molar-refractivity contribution >= 4 is 29.9 Å². The molecule has 0 aromatic heterocycles. The van der Waals surface area contributed by atoms with Gasteiger partial charge in [0, 0.05) is 43.2 Å². The van der Waals surface area contributed by atoms with Gasteiger partial charge in [0.05, 0.1) is 13.2 Å². The van der Waals surface area contributed by atoms with Crippen LogP contribution in [0.1, 0.15) is 58.1 Å².